The van der Waals surface area contributed by atoms with E-state index in [1.54, 1.807) is 31.6 Å². The quantitative estimate of drug-likeness (QED) is 0.274. The first kappa shape index (κ1) is 28.3. The van der Waals surface area contributed by atoms with Gasteiger partial charge in [0.05, 0.1) is 40.8 Å². The number of nitrogens with zero attached hydrogens (tertiary/aromatic N) is 7. The molecule has 3 heterocycles. The first-order valence-corrected chi connectivity index (χ1v) is 15.4. The Hall–Kier alpha value is -4.22. The zero-order valence-corrected chi connectivity index (χ0v) is 25.1. The lowest BCUT2D eigenvalue weighted by Crippen LogP contribution is -2.33. The van der Waals surface area contributed by atoms with Gasteiger partial charge in [-0.2, -0.15) is 10.2 Å². The second-order valence-electron chi connectivity index (χ2n) is 9.53. The number of nitrogens with one attached hydrogen (secondary N) is 2. The summed E-state index contributed by atoms with van der Waals surface area (Å²) in [5, 5.41) is 15.7. The van der Waals surface area contributed by atoms with Gasteiger partial charge in [0.1, 0.15) is 22.8 Å². The number of piperidine rings is 1. The summed E-state index contributed by atoms with van der Waals surface area (Å²) in [6.07, 6.45) is 7.45. The van der Waals surface area contributed by atoms with E-state index in [-0.39, 0.29) is 5.92 Å². The van der Waals surface area contributed by atoms with Crippen molar-refractivity contribution in [2.24, 2.45) is 5.92 Å². The Balaban J connectivity index is 1.47. The number of ether oxygens (including phenoxy) is 1. The third kappa shape index (κ3) is 6.10. The number of nitriles is 1. The van der Waals surface area contributed by atoms with Crippen molar-refractivity contribution in [2.75, 3.05) is 53.3 Å². The van der Waals surface area contributed by atoms with E-state index >= 15 is 0 Å². The van der Waals surface area contributed by atoms with Gasteiger partial charge >= 0.3 is 0 Å². The predicted molar refractivity (Wildman–Crippen MR) is 163 cm³/mol. The maximum Gasteiger partial charge on any atom is 0.232 e. The lowest BCUT2D eigenvalue weighted by atomic mass is 9.98. The number of rotatable bonds is 8. The molecule has 1 fully saturated rings. The Morgan fingerprint density at radius 2 is 1.85 bits per heavy atom. The molecule has 4 aromatic rings. The minimum atomic E-state index is -3.61. The average Bonchev–Trinajstić information content (AvgIpc) is 2.98. The van der Waals surface area contributed by atoms with Gasteiger partial charge in [0.25, 0.3) is 0 Å². The molecule has 212 valence electrons. The molecule has 12 nitrogen and oxygen atoms in total. The van der Waals surface area contributed by atoms with Crippen LogP contribution in [0.25, 0.3) is 11.0 Å². The van der Waals surface area contributed by atoms with Crippen LogP contribution in [0.15, 0.2) is 53.4 Å². The van der Waals surface area contributed by atoms with Crippen LogP contribution >= 0.6 is 15.9 Å². The molecule has 0 unspecified atom stereocenters. The van der Waals surface area contributed by atoms with Crippen LogP contribution in [0.5, 0.6) is 5.75 Å². The minimum Gasteiger partial charge on any atom is -0.495 e. The minimum absolute atomic E-state index is 0.0940. The fourth-order valence-corrected chi connectivity index (χ4v) is 5.43. The topological polar surface area (TPSA) is 149 Å². The van der Waals surface area contributed by atoms with E-state index in [4.69, 9.17) is 4.74 Å². The Morgan fingerprint density at radius 3 is 2.56 bits per heavy atom. The third-order valence-electron chi connectivity index (χ3n) is 6.90. The molecule has 2 N–H and O–H groups in total. The standard InChI is InChI=1S/C27H28BrN9O3S/c1-36(41(3,38)39)25-21(6-5-20-24(25)31-11-10-30-20)33-26-19(28)16-32-27(35-26)34-22-14-18(4-7-23(22)40-2)37-12-8-17(15-29)9-13-37/h4-7,10-11,14,16-17H,8-9,12-13H2,1-3H3,(H2,32,33,34,35). The van der Waals surface area contributed by atoms with Crippen molar-refractivity contribution in [1.82, 2.24) is 19.9 Å². The molecular formula is C27H28BrN9O3S. The zero-order chi connectivity index (χ0) is 29.1. The van der Waals surface area contributed by atoms with Gasteiger partial charge in [-0.15, -0.1) is 0 Å². The van der Waals surface area contributed by atoms with E-state index < -0.39 is 10.0 Å². The van der Waals surface area contributed by atoms with Crippen LogP contribution < -0.4 is 24.6 Å². The summed E-state index contributed by atoms with van der Waals surface area (Å²) >= 11 is 3.50. The fourth-order valence-electron chi connectivity index (χ4n) is 4.63. The molecule has 41 heavy (non-hydrogen) atoms. The van der Waals surface area contributed by atoms with Gasteiger partial charge in [-0.1, -0.05) is 0 Å². The summed E-state index contributed by atoms with van der Waals surface area (Å²) in [5.41, 5.74) is 3.47. The SMILES string of the molecule is COc1ccc(N2CCC(C#N)CC2)cc1Nc1ncc(Br)c(Nc2ccc3nccnc3c2N(C)S(C)(=O)=O)n1. The van der Waals surface area contributed by atoms with Crippen molar-refractivity contribution in [2.45, 2.75) is 12.8 Å². The highest BCUT2D eigenvalue weighted by Gasteiger charge is 2.22. The number of fused-ring (bicyclic) bond motifs is 1. The Labute approximate surface area is 246 Å². The van der Waals surface area contributed by atoms with Crippen LogP contribution in [0, 0.1) is 17.2 Å². The number of hydrogen-bond acceptors (Lipinski definition) is 11. The van der Waals surface area contributed by atoms with Crippen LogP contribution in [0.4, 0.5) is 34.5 Å². The number of halogens is 1. The maximum atomic E-state index is 12.5. The van der Waals surface area contributed by atoms with Gasteiger partial charge < -0.3 is 20.3 Å². The molecule has 2 aromatic carbocycles. The van der Waals surface area contributed by atoms with Crippen molar-refractivity contribution in [3.05, 3.63) is 53.4 Å². The van der Waals surface area contributed by atoms with Gasteiger partial charge in [0, 0.05) is 50.3 Å². The van der Waals surface area contributed by atoms with Gasteiger partial charge in [0.15, 0.2) is 0 Å². The summed E-state index contributed by atoms with van der Waals surface area (Å²) < 4.78 is 32.3. The summed E-state index contributed by atoms with van der Waals surface area (Å²) in [6, 6.07) is 11.7. The Bertz CT molecular complexity index is 1740. The first-order valence-electron chi connectivity index (χ1n) is 12.7. The summed E-state index contributed by atoms with van der Waals surface area (Å²) in [4.78, 5) is 20.0. The maximum absolute atomic E-state index is 12.5. The highest BCUT2D eigenvalue weighted by molar-refractivity contribution is 9.10. The van der Waals surface area contributed by atoms with Gasteiger partial charge in [-0.25, -0.2) is 13.4 Å². The van der Waals surface area contributed by atoms with Crippen LogP contribution in [0.1, 0.15) is 12.8 Å². The van der Waals surface area contributed by atoms with E-state index in [9.17, 15) is 13.7 Å². The molecule has 2 aromatic heterocycles. The number of benzene rings is 2. The first-order chi connectivity index (χ1) is 19.7. The van der Waals surface area contributed by atoms with E-state index in [0.29, 0.717) is 50.1 Å². The van der Waals surface area contributed by atoms with Crippen LogP contribution in [0.2, 0.25) is 0 Å². The highest BCUT2D eigenvalue weighted by atomic mass is 79.9. The van der Waals surface area contributed by atoms with E-state index in [0.717, 1.165) is 42.2 Å². The Kier molecular flexibility index (Phi) is 8.09. The molecule has 0 saturated carbocycles. The van der Waals surface area contributed by atoms with E-state index in [1.165, 1.54) is 13.2 Å². The van der Waals surface area contributed by atoms with Crippen LogP contribution in [-0.2, 0) is 10.0 Å². The van der Waals surface area contributed by atoms with Crippen molar-refractivity contribution >= 4 is 71.5 Å². The van der Waals surface area contributed by atoms with Crippen molar-refractivity contribution in [3.8, 4) is 11.8 Å². The molecule has 0 spiro atoms. The van der Waals surface area contributed by atoms with Crippen LogP contribution in [0.3, 0.4) is 0 Å². The predicted octanol–water partition coefficient (Wildman–Crippen LogP) is 4.81. The molecule has 1 saturated heterocycles. The fraction of sp³-hybridized carbons (Fsp3) is 0.296. The summed E-state index contributed by atoms with van der Waals surface area (Å²) in [7, 11) is -0.552. The molecule has 0 radical (unpaired) electrons. The highest BCUT2D eigenvalue weighted by Crippen LogP contribution is 2.37. The van der Waals surface area contributed by atoms with Gasteiger partial charge in [0.2, 0.25) is 16.0 Å². The van der Waals surface area contributed by atoms with E-state index in [2.05, 4.69) is 57.5 Å². The molecule has 0 amide bonds. The average molecular weight is 639 g/mol. The normalized spacial score (nSPS) is 14.0. The molecule has 0 bridgehead atoms. The largest absolute Gasteiger partial charge is 0.495 e. The second kappa shape index (κ2) is 11.7. The van der Waals surface area contributed by atoms with E-state index in [1.807, 2.05) is 18.2 Å². The lowest BCUT2D eigenvalue weighted by molar-refractivity contribution is 0.416. The number of anilines is 6. The molecule has 0 atom stereocenters. The smallest absolute Gasteiger partial charge is 0.232 e. The third-order valence-corrected chi connectivity index (χ3v) is 8.65. The monoisotopic (exact) mass is 637 g/mol. The van der Waals surface area contributed by atoms with Crippen molar-refractivity contribution in [3.63, 3.8) is 0 Å². The van der Waals surface area contributed by atoms with Gasteiger partial charge in [-0.05, 0) is 59.1 Å². The number of methoxy groups -OCH3 is 1. The van der Waals surface area contributed by atoms with Gasteiger partial charge in [-0.3, -0.25) is 14.3 Å². The molecule has 14 heteroatoms. The molecule has 5 rings (SSSR count). The molecule has 1 aliphatic rings. The number of hydrogen-bond donors (Lipinski definition) is 2. The number of aromatic nitrogens is 4. The lowest BCUT2D eigenvalue weighted by Gasteiger charge is -2.31. The molecular weight excluding hydrogens is 610 g/mol. The Morgan fingerprint density at radius 1 is 1.10 bits per heavy atom. The molecule has 0 aliphatic carbocycles. The van der Waals surface area contributed by atoms with Crippen molar-refractivity contribution < 1.29 is 13.2 Å². The second-order valence-corrected chi connectivity index (χ2v) is 12.4. The summed E-state index contributed by atoms with van der Waals surface area (Å²) in [5.74, 6) is 1.42. The van der Waals surface area contributed by atoms with Crippen LogP contribution in [-0.4, -0.2) is 61.9 Å². The molecule has 1 aliphatic heterocycles. The number of sulfonamides is 1. The zero-order valence-electron chi connectivity index (χ0n) is 22.7. The summed E-state index contributed by atoms with van der Waals surface area (Å²) in [6.45, 7) is 1.60. The van der Waals surface area contributed by atoms with Crippen molar-refractivity contribution in [1.29, 1.82) is 5.26 Å².